The molecule has 1 aromatic rings. The Morgan fingerprint density at radius 1 is 1.29 bits per heavy atom. The number of carbonyl (C=O) groups excluding carboxylic acids is 1. The molecular formula is C17H23FN2O3S. The van der Waals surface area contributed by atoms with Gasteiger partial charge in [-0.1, -0.05) is 12.8 Å². The summed E-state index contributed by atoms with van der Waals surface area (Å²) < 4.78 is 37.4. The molecule has 0 unspecified atom stereocenters. The average molecular weight is 354 g/mol. The summed E-state index contributed by atoms with van der Waals surface area (Å²) in [6.45, 7) is 1.61. The number of hydrogen-bond acceptors (Lipinski definition) is 4. The number of fused-ring (bicyclic) bond motifs is 1. The fourth-order valence-corrected chi connectivity index (χ4v) is 5.08. The molecule has 24 heavy (non-hydrogen) atoms. The van der Waals surface area contributed by atoms with Gasteiger partial charge in [-0.25, -0.2) is 12.8 Å². The standard InChI is InChI=1S/C17H23FN2O3S/c18-14-4-6-15(7-5-14)24(22,23)10-9-20-16(21)17-8-2-1-3-13(17)11-19-12-17/h4-7,13,19H,1-3,8-12H2,(H,20,21)/t13-,17+/m0/s1. The first kappa shape index (κ1) is 17.4. The summed E-state index contributed by atoms with van der Waals surface area (Å²) in [5.41, 5.74) is -0.377. The second kappa shape index (κ2) is 6.80. The Bertz CT molecular complexity index is 705. The first-order chi connectivity index (χ1) is 11.4. The van der Waals surface area contributed by atoms with E-state index in [4.69, 9.17) is 0 Å². The van der Waals surface area contributed by atoms with Crippen LogP contribution in [0.5, 0.6) is 0 Å². The summed E-state index contributed by atoms with van der Waals surface area (Å²) in [7, 11) is -3.52. The van der Waals surface area contributed by atoms with Gasteiger partial charge in [0.1, 0.15) is 5.82 Å². The second-order valence-corrected chi connectivity index (χ2v) is 8.87. The molecule has 1 aliphatic heterocycles. The number of nitrogens with one attached hydrogen (secondary N) is 2. The molecule has 2 atom stereocenters. The lowest BCUT2D eigenvalue weighted by Crippen LogP contribution is -2.48. The zero-order chi connectivity index (χ0) is 17.2. The number of amides is 1. The van der Waals surface area contributed by atoms with E-state index in [0.29, 0.717) is 12.5 Å². The Morgan fingerprint density at radius 2 is 2.04 bits per heavy atom. The van der Waals surface area contributed by atoms with Crippen molar-refractivity contribution < 1.29 is 17.6 Å². The molecule has 132 valence electrons. The minimum absolute atomic E-state index is 0.0356. The summed E-state index contributed by atoms with van der Waals surface area (Å²) in [5.74, 6) is -0.344. The van der Waals surface area contributed by atoms with E-state index in [0.717, 1.165) is 44.4 Å². The van der Waals surface area contributed by atoms with Crippen LogP contribution in [0.4, 0.5) is 4.39 Å². The zero-order valence-electron chi connectivity index (χ0n) is 13.6. The molecule has 1 aromatic carbocycles. The molecule has 2 aliphatic rings. The van der Waals surface area contributed by atoms with Crippen LogP contribution in [0, 0.1) is 17.2 Å². The number of carbonyl (C=O) groups is 1. The lowest BCUT2D eigenvalue weighted by molar-refractivity contribution is -0.133. The minimum atomic E-state index is -3.52. The van der Waals surface area contributed by atoms with Gasteiger partial charge in [-0.05, 0) is 49.6 Å². The highest BCUT2D eigenvalue weighted by Crippen LogP contribution is 2.43. The quantitative estimate of drug-likeness (QED) is 0.786. The molecule has 0 bridgehead atoms. The first-order valence-corrected chi connectivity index (χ1v) is 10.1. The van der Waals surface area contributed by atoms with Gasteiger partial charge in [0, 0.05) is 13.1 Å². The van der Waals surface area contributed by atoms with Crippen LogP contribution in [0.25, 0.3) is 0 Å². The van der Waals surface area contributed by atoms with E-state index in [1.54, 1.807) is 0 Å². The van der Waals surface area contributed by atoms with Crippen molar-refractivity contribution in [2.75, 3.05) is 25.4 Å². The van der Waals surface area contributed by atoms with Crippen LogP contribution in [0.3, 0.4) is 0 Å². The van der Waals surface area contributed by atoms with E-state index >= 15 is 0 Å². The molecule has 7 heteroatoms. The lowest BCUT2D eigenvalue weighted by atomic mass is 9.67. The van der Waals surface area contributed by atoms with Crippen LogP contribution >= 0.6 is 0 Å². The summed E-state index contributed by atoms with van der Waals surface area (Å²) in [6, 6.07) is 4.76. The second-order valence-electron chi connectivity index (χ2n) is 6.76. The number of rotatable bonds is 5. The number of hydrogen-bond donors (Lipinski definition) is 2. The van der Waals surface area contributed by atoms with Gasteiger partial charge in [0.2, 0.25) is 5.91 Å². The molecule has 1 saturated heterocycles. The van der Waals surface area contributed by atoms with Crippen molar-refractivity contribution >= 4 is 15.7 Å². The van der Waals surface area contributed by atoms with Crippen molar-refractivity contribution in [1.82, 2.24) is 10.6 Å². The van der Waals surface area contributed by atoms with Gasteiger partial charge in [-0.15, -0.1) is 0 Å². The Morgan fingerprint density at radius 3 is 2.79 bits per heavy atom. The van der Waals surface area contributed by atoms with Crippen molar-refractivity contribution in [2.45, 2.75) is 30.6 Å². The topological polar surface area (TPSA) is 75.3 Å². The van der Waals surface area contributed by atoms with Crippen LogP contribution in [0.1, 0.15) is 25.7 Å². The van der Waals surface area contributed by atoms with E-state index in [1.807, 2.05) is 0 Å². The van der Waals surface area contributed by atoms with Crippen molar-refractivity contribution in [3.63, 3.8) is 0 Å². The summed E-state index contributed by atoms with van der Waals surface area (Å²) in [5, 5.41) is 6.13. The van der Waals surface area contributed by atoms with Gasteiger partial charge in [0.05, 0.1) is 16.1 Å². The lowest BCUT2D eigenvalue weighted by Gasteiger charge is -2.37. The fourth-order valence-electron chi connectivity index (χ4n) is 3.93. The average Bonchev–Trinajstić information content (AvgIpc) is 3.00. The van der Waals surface area contributed by atoms with Gasteiger partial charge in [0.25, 0.3) is 0 Å². The fraction of sp³-hybridized carbons (Fsp3) is 0.588. The molecule has 1 amide bonds. The molecule has 0 radical (unpaired) electrons. The minimum Gasteiger partial charge on any atom is -0.355 e. The SMILES string of the molecule is O=C(NCCS(=O)(=O)c1ccc(F)cc1)[C@@]12CCCC[C@H]1CNC2. The Hall–Kier alpha value is -1.47. The molecule has 2 N–H and O–H groups in total. The van der Waals surface area contributed by atoms with Gasteiger partial charge < -0.3 is 10.6 Å². The third-order valence-electron chi connectivity index (χ3n) is 5.32. The van der Waals surface area contributed by atoms with Gasteiger partial charge >= 0.3 is 0 Å². The molecule has 1 aliphatic carbocycles. The summed E-state index contributed by atoms with van der Waals surface area (Å²) in [6.07, 6.45) is 4.11. The van der Waals surface area contributed by atoms with Crippen LogP contribution in [0.15, 0.2) is 29.2 Å². The molecule has 5 nitrogen and oxygen atoms in total. The molecule has 1 saturated carbocycles. The first-order valence-electron chi connectivity index (χ1n) is 8.41. The molecule has 0 spiro atoms. The monoisotopic (exact) mass is 354 g/mol. The van der Waals surface area contributed by atoms with Crippen LogP contribution in [-0.2, 0) is 14.6 Å². The zero-order valence-corrected chi connectivity index (χ0v) is 14.4. The normalized spacial score (nSPS) is 26.8. The van der Waals surface area contributed by atoms with Crippen molar-refractivity contribution in [2.24, 2.45) is 11.3 Å². The third-order valence-corrected chi connectivity index (χ3v) is 7.05. The molecule has 3 rings (SSSR count). The smallest absolute Gasteiger partial charge is 0.227 e. The van der Waals surface area contributed by atoms with Crippen molar-refractivity contribution in [3.8, 4) is 0 Å². The van der Waals surface area contributed by atoms with E-state index in [2.05, 4.69) is 10.6 Å². The van der Waals surface area contributed by atoms with Crippen LogP contribution < -0.4 is 10.6 Å². The van der Waals surface area contributed by atoms with E-state index in [1.165, 1.54) is 12.1 Å². The third kappa shape index (κ3) is 3.32. The molecule has 1 heterocycles. The van der Waals surface area contributed by atoms with E-state index in [9.17, 15) is 17.6 Å². The van der Waals surface area contributed by atoms with Gasteiger partial charge in [0.15, 0.2) is 9.84 Å². The predicted octanol–water partition coefficient (Wildman–Crippen LogP) is 1.50. The Kier molecular flexibility index (Phi) is 4.92. The van der Waals surface area contributed by atoms with Crippen molar-refractivity contribution in [1.29, 1.82) is 0 Å². The highest BCUT2D eigenvalue weighted by atomic mass is 32.2. The maximum Gasteiger partial charge on any atom is 0.227 e. The van der Waals surface area contributed by atoms with E-state index < -0.39 is 15.7 Å². The predicted molar refractivity (Wildman–Crippen MR) is 88.7 cm³/mol. The molecule has 2 fully saturated rings. The van der Waals surface area contributed by atoms with Crippen LogP contribution in [-0.4, -0.2) is 39.7 Å². The van der Waals surface area contributed by atoms with E-state index in [-0.39, 0.29) is 28.5 Å². The van der Waals surface area contributed by atoms with Gasteiger partial charge in [-0.3, -0.25) is 4.79 Å². The highest BCUT2D eigenvalue weighted by Gasteiger charge is 2.49. The molecule has 0 aromatic heterocycles. The van der Waals surface area contributed by atoms with Gasteiger partial charge in [-0.2, -0.15) is 0 Å². The van der Waals surface area contributed by atoms with Crippen LogP contribution in [0.2, 0.25) is 0 Å². The summed E-state index contributed by atoms with van der Waals surface area (Å²) in [4.78, 5) is 12.8. The van der Waals surface area contributed by atoms with Crippen molar-refractivity contribution in [3.05, 3.63) is 30.1 Å². The number of sulfone groups is 1. The summed E-state index contributed by atoms with van der Waals surface area (Å²) >= 11 is 0. The highest BCUT2D eigenvalue weighted by molar-refractivity contribution is 7.91. The number of halogens is 1. The Labute approximate surface area is 141 Å². The molecular weight excluding hydrogens is 331 g/mol. The number of benzene rings is 1. The maximum absolute atomic E-state index is 12.9. The largest absolute Gasteiger partial charge is 0.355 e. The maximum atomic E-state index is 12.9. The Balaban J connectivity index is 1.59.